The van der Waals surface area contributed by atoms with E-state index in [2.05, 4.69) is 205 Å². The first-order valence-corrected chi connectivity index (χ1v) is 18.6. The number of benzene rings is 9. The third-order valence-electron chi connectivity index (χ3n) is 10.3. The molecule has 0 bridgehead atoms. The van der Waals surface area contributed by atoms with Crippen molar-refractivity contribution in [2.45, 2.75) is 0 Å². The Morgan fingerprint density at radius 2 is 0.769 bits per heavy atom. The zero-order valence-electron chi connectivity index (χ0n) is 28.4. The zero-order valence-corrected chi connectivity index (χ0v) is 29.2. The number of para-hydroxylation sites is 2. The maximum atomic E-state index is 2.46. The number of hydrogen-bond acceptors (Lipinski definition) is 2. The van der Waals surface area contributed by atoms with E-state index >= 15 is 0 Å². The Hall–Kier alpha value is -6.48. The minimum atomic E-state index is 1.10. The quantitative estimate of drug-likeness (QED) is 0.169. The number of nitrogens with zero attached hydrogens (tertiary/aromatic N) is 1. The normalized spacial score (nSPS) is 11.5. The fourth-order valence-corrected chi connectivity index (χ4v) is 9.06. The average molecular weight is 680 g/mol. The molecule has 10 rings (SSSR count). The van der Waals surface area contributed by atoms with E-state index in [-0.39, 0.29) is 0 Å². The van der Waals surface area contributed by atoms with Gasteiger partial charge in [-0.2, -0.15) is 0 Å². The minimum absolute atomic E-state index is 1.10. The fraction of sp³-hybridized carbons (Fsp3) is 0. The van der Waals surface area contributed by atoms with E-state index in [1.165, 1.54) is 75.1 Å². The molecule has 0 aliphatic carbocycles. The zero-order chi connectivity index (χ0) is 34.4. The Balaban J connectivity index is 1.22. The Morgan fingerprint density at radius 3 is 1.48 bits per heavy atom. The highest BCUT2D eigenvalue weighted by molar-refractivity contribution is 7.25. The van der Waals surface area contributed by atoms with Gasteiger partial charge in [0.05, 0.1) is 11.4 Å². The van der Waals surface area contributed by atoms with E-state index < -0.39 is 0 Å². The van der Waals surface area contributed by atoms with Crippen LogP contribution < -0.4 is 4.90 Å². The van der Waals surface area contributed by atoms with Crippen molar-refractivity contribution >= 4 is 70.1 Å². The van der Waals surface area contributed by atoms with Crippen molar-refractivity contribution in [3.05, 3.63) is 200 Å². The van der Waals surface area contributed by atoms with Gasteiger partial charge < -0.3 is 4.90 Å². The molecule has 0 N–H and O–H groups in total. The largest absolute Gasteiger partial charge is 0.309 e. The van der Waals surface area contributed by atoms with Gasteiger partial charge in [-0.15, -0.1) is 11.3 Å². The fourth-order valence-electron chi connectivity index (χ4n) is 7.93. The summed E-state index contributed by atoms with van der Waals surface area (Å²) < 4.78 is 2.61. The molecule has 10 aromatic rings. The van der Waals surface area contributed by atoms with Crippen molar-refractivity contribution in [2.75, 3.05) is 4.90 Å². The lowest BCUT2D eigenvalue weighted by atomic mass is 9.94. The third kappa shape index (κ3) is 5.07. The molecule has 0 spiro atoms. The second-order valence-electron chi connectivity index (χ2n) is 13.2. The molecule has 0 aliphatic rings. The minimum Gasteiger partial charge on any atom is -0.309 e. The summed E-state index contributed by atoms with van der Waals surface area (Å²) in [6, 6.07) is 73.0. The lowest BCUT2D eigenvalue weighted by molar-refractivity contribution is 1.29. The van der Waals surface area contributed by atoms with Gasteiger partial charge >= 0.3 is 0 Å². The Morgan fingerprint density at radius 1 is 0.308 bits per heavy atom. The SMILES string of the molecule is c1ccc(N(c2ccc(-c3cccc4ccccc34)cc2)c2ccccc2-c2cccc3sc4ccccc4c23)c(-c2cccc3ccccc23)c1. The average Bonchev–Trinajstić information content (AvgIpc) is 3.60. The first kappa shape index (κ1) is 30.4. The van der Waals surface area contributed by atoms with Crippen LogP contribution in [0.2, 0.25) is 0 Å². The van der Waals surface area contributed by atoms with Crippen molar-refractivity contribution in [3.8, 4) is 33.4 Å². The van der Waals surface area contributed by atoms with E-state index in [1.807, 2.05) is 11.3 Å². The summed E-state index contributed by atoms with van der Waals surface area (Å²) in [5, 5.41) is 7.60. The molecule has 1 aromatic heterocycles. The second kappa shape index (κ2) is 12.7. The predicted molar refractivity (Wildman–Crippen MR) is 225 cm³/mol. The summed E-state index contributed by atoms with van der Waals surface area (Å²) in [7, 11) is 0. The molecule has 0 aliphatic heterocycles. The molecule has 0 fully saturated rings. The molecular formula is C50H33NS. The molecule has 0 amide bonds. The number of hydrogen-bond donors (Lipinski definition) is 0. The molecule has 1 nitrogen and oxygen atoms in total. The summed E-state index contributed by atoms with van der Waals surface area (Å²) >= 11 is 1.86. The van der Waals surface area contributed by atoms with Crippen LogP contribution in [-0.4, -0.2) is 0 Å². The van der Waals surface area contributed by atoms with Crippen molar-refractivity contribution in [1.82, 2.24) is 0 Å². The maximum Gasteiger partial charge on any atom is 0.0540 e. The summed E-state index contributed by atoms with van der Waals surface area (Å²) in [6.07, 6.45) is 0. The summed E-state index contributed by atoms with van der Waals surface area (Å²) in [6.45, 7) is 0. The molecule has 0 saturated carbocycles. The van der Waals surface area contributed by atoms with Gasteiger partial charge in [0, 0.05) is 37.0 Å². The van der Waals surface area contributed by atoms with Crippen LogP contribution in [0.5, 0.6) is 0 Å². The van der Waals surface area contributed by atoms with E-state index in [9.17, 15) is 0 Å². The summed E-state index contributed by atoms with van der Waals surface area (Å²) in [5.41, 5.74) is 10.7. The highest BCUT2D eigenvalue weighted by Gasteiger charge is 2.22. The Bertz CT molecular complexity index is 2910. The lowest BCUT2D eigenvalue weighted by Gasteiger charge is -2.30. The van der Waals surface area contributed by atoms with Gasteiger partial charge in [-0.3, -0.25) is 0 Å². The molecule has 0 saturated heterocycles. The lowest BCUT2D eigenvalue weighted by Crippen LogP contribution is -2.12. The van der Waals surface area contributed by atoms with Crippen LogP contribution in [0.3, 0.4) is 0 Å². The van der Waals surface area contributed by atoms with Crippen LogP contribution in [0.4, 0.5) is 17.1 Å². The highest BCUT2D eigenvalue weighted by Crippen LogP contribution is 2.48. The Kier molecular flexibility index (Phi) is 7.41. The predicted octanol–water partition coefficient (Wildman–Crippen LogP) is 14.8. The first-order chi connectivity index (χ1) is 25.8. The molecule has 2 heteroatoms. The van der Waals surface area contributed by atoms with Gasteiger partial charge in [0.15, 0.2) is 0 Å². The molecule has 1 heterocycles. The Labute approximate surface area is 307 Å². The van der Waals surface area contributed by atoms with Crippen LogP contribution in [-0.2, 0) is 0 Å². The molecular weight excluding hydrogens is 647 g/mol. The molecule has 0 atom stereocenters. The number of anilines is 3. The number of rotatable bonds is 6. The molecule has 9 aromatic carbocycles. The third-order valence-corrected chi connectivity index (χ3v) is 11.4. The van der Waals surface area contributed by atoms with Gasteiger partial charge in [0.25, 0.3) is 0 Å². The van der Waals surface area contributed by atoms with Gasteiger partial charge in [0.2, 0.25) is 0 Å². The van der Waals surface area contributed by atoms with Crippen LogP contribution in [0.25, 0.3) is 75.1 Å². The molecule has 0 radical (unpaired) electrons. The summed E-state index contributed by atoms with van der Waals surface area (Å²) in [4.78, 5) is 2.46. The topological polar surface area (TPSA) is 3.24 Å². The first-order valence-electron chi connectivity index (χ1n) is 17.8. The summed E-state index contributed by atoms with van der Waals surface area (Å²) in [5.74, 6) is 0. The highest BCUT2D eigenvalue weighted by atomic mass is 32.1. The standard InChI is InChI=1S/C50H33NS/c1-3-18-38-34(14-1)16-11-23-39(38)36-30-32-37(33-31-36)51(46-26-8-5-20-42(46)41-24-12-17-35-15-2-4-19-40(35)41)47-27-9-6-21-43(47)44-25-13-29-49-50(44)45-22-7-10-28-48(45)52-49/h1-33H. The van der Waals surface area contributed by atoms with E-state index in [0.29, 0.717) is 0 Å². The van der Waals surface area contributed by atoms with E-state index in [1.54, 1.807) is 0 Å². The van der Waals surface area contributed by atoms with E-state index in [0.717, 1.165) is 17.1 Å². The van der Waals surface area contributed by atoms with Crippen molar-refractivity contribution in [2.24, 2.45) is 0 Å². The van der Waals surface area contributed by atoms with Gasteiger partial charge in [-0.1, -0.05) is 164 Å². The van der Waals surface area contributed by atoms with Gasteiger partial charge in [0.1, 0.15) is 0 Å². The maximum absolute atomic E-state index is 2.46. The van der Waals surface area contributed by atoms with Crippen LogP contribution in [0.15, 0.2) is 200 Å². The molecule has 52 heavy (non-hydrogen) atoms. The van der Waals surface area contributed by atoms with Crippen LogP contribution in [0, 0.1) is 0 Å². The van der Waals surface area contributed by atoms with Crippen molar-refractivity contribution in [1.29, 1.82) is 0 Å². The number of fused-ring (bicyclic) bond motifs is 5. The van der Waals surface area contributed by atoms with Gasteiger partial charge in [-0.05, 0) is 80.2 Å². The van der Waals surface area contributed by atoms with Crippen LogP contribution >= 0.6 is 11.3 Å². The monoisotopic (exact) mass is 679 g/mol. The van der Waals surface area contributed by atoms with E-state index in [4.69, 9.17) is 0 Å². The van der Waals surface area contributed by atoms with Crippen molar-refractivity contribution < 1.29 is 0 Å². The molecule has 244 valence electrons. The number of thiophene rings is 1. The smallest absolute Gasteiger partial charge is 0.0540 e. The molecule has 0 unspecified atom stereocenters. The van der Waals surface area contributed by atoms with Crippen molar-refractivity contribution in [3.63, 3.8) is 0 Å². The van der Waals surface area contributed by atoms with Gasteiger partial charge in [-0.25, -0.2) is 0 Å². The van der Waals surface area contributed by atoms with Crippen LogP contribution in [0.1, 0.15) is 0 Å². The second-order valence-corrected chi connectivity index (χ2v) is 14.3.